The summed E-state index contributed by atoms with van der Waals surface area (Å²) in [7, 11) is 0. The zero-order chi connectivity index (χ0) is 13.9. The minimum atomic E-state index is -0.908. The van der Waals surface area contributed by atoms with Crippen LogP contribution in [0.5, 0.6) is 0 Å². The summed E-state index contributed by atoms with van der Waals surface area (Å²) in [6, 6.07) is 1.88. The van der Waals surface area contributed by atoms with Gasteiger partial charge in [0.2, 0.25) is 0 Å². The number of carboxylic acid groups (broad SMARTS) is 1. The Labute approximate surface area is 111 Å². The van der Waals surface area contributed by atoms with Gasteiger partial charge in [-0.05, 0) is 36.8 Å². The number of carbonyl (C=O) groups excluding carboxylic acids is 1. The average Bonchev–Trinajstić information content (AvgIpc) is 2.62. The fourth-order valence-electron chi connectivity index (χ4n) is 1.63. The van der Waals surface area contributed by atoms with E-state index in [1.165, 1.54) is 11.3 Å². The number of carbonyl (C=O) groups is 2. The average molecular weight is 269 g/mol. The second kappa shape index (κ2) is 5.52. The molecule has 100 valence electrons. The summed E-state index contributed by atoms with van der Waals surface area (Å²) >= 11 is 1.37. The molecule has 1 rings (SSSR count). The van der Waals surface area contributed by atoms with Gasteiger partial charge in [0, 0.05) is 0 Å². The number of nitrogens with one attached hydrogen (secondary N) is 1. The van der Waals surface area contributed by atoms with Crippen molar-refractivity contribution >= 4 is 23.2 Å². The molecule has 1 unspecified atom stereocenters. The van der Waals surface area contributed by atoms with E-state index in [2.05, 4.69) is 5.32 Å². The van der Waals surface area contributed by atoms with Crippen LogP contribution in [-0.4, -0.2) is 22.5 Å². The van der Waals surface area contributed by atoms with E-state index < -0.39 is 11.5 Å². The monoisotopic (exact) mass is 269 g/mol. The molecule has 18 heavy (non-hydrogen) atoms. The van der Waals surface area contributed by atoms with Crippen LogP contribution in [-0.2, 0) is 4.79 Å². The van der Waals surface area contributed by atoms with E-state index in [9.17, 15) is 9.59 Å². The molecule has 0 aliphatic heterocycles. The first-order valence-electron chi connectivity index (χ1n) is 5.84. The molecular formula is C13H19NO3S. The molecule has 0 fully saturated rings. The van der Waals surface area contributed by atoms with Crippen LogP contribution >= 0.6 is 11.3 Å². The second-order valence-electron chi connectivity index (χ2n) is 5.03. The topological polar surface area (TPSA) is 66.4 Å². The molecule has 0 aliphatic carbocycles. The van der Waals surface area contributed by atoms with Crippen LogP contribution in [0.2, 0.25) is 0 Å². The molecule has 4 nitrogen and oxygen atoms in total. The lowest BCUT2D eigenvalue weighted by Gasteiger charge is -2.33. The molecule has 0 spiro atoms. The number of amides is 1. The van der Waals surface area contributed by atoms with Gasteiger partial charge < -0.3 is 10.4 Å². The number of hydrogen-bond donors (Lipinski definition) is 2. The Morgan fingerprint density at radius 1 is 1.50 bits per heavy atom. The van der Waals surface area contributed by atoms with Crippen molar-refractivity contribution in [1.29, 1.82) is 0 Å². The largest absolute Gasteiger partial charge is 0.481 e. The summed E-state index contributed by atoms with van der Waals surface area (Å²) in [5, 5.41) is 13.7. The maximum atomic E-state index is 12.1. The molecule has 1 heterocycles. The van der Waals surface area contributed by atoms with Crippen LogP contribution in [0, 0.1) is 12.8 Å². The van der Waals surface area contributed by atoms with E-state index in [4.69, 9.17) is 5.11 Å². The Morgan fingerprint density at radius 3 is 2.50 bits per heavy atom. The van der Waals surface area contributed by atoms with Gasteiger partial charge in [0.15, 0.2) is 0 Å². The lowest BCUT2D eigenvalue weighted by Crippen LogP contribution is -2.51. The lowest BCUT2D eigenvalue weighted by molar-refractivity contribution is -0.138. The first-order chi connectivity index (χ1) is 8.26. The standard InChI is InChI=1S/C13H19NO3S/c1-8(2)13(4,7-10(15)16)14-12(17)11-9(3)5-6-18-11/h5-6,8H,7H2,1-4H3,(H,14,17)(H,15,16). The Balaban J connectivity index is 2.88. The minimum Gasteiger partial charge on any atom is -0.481 e. The smallest absolute Gasteiger partial charge is 0.305 e. The van der Waals surface area contributed by atoms with Gasteiger partial charge in [-0.2, -0.15) is 0 Å². The van der Waals surface area contributed by atoms with Crippen molar-refractivity contribution in [2.24, 2.45) is 5.92 Å². The van der Waals surface area contributed by atoms with Gasteiger partial charge >= 0.3 is 5.97 Å². The van der Waals surface area contributed by atoms with Crippen LogP contribution < -0.4 is 5.32 Å². The predicted octanol–water partition coefficient (Wildman–Crippen LogP) is 2.68. The number of thiophene rings is 1. The number of carboxylic acids is 1. The molecule has 0 radical (unpaired) electrons. The highest BCUT2D eigenvalue weighted by molar-refractivity contribution is 7.12. The summed E-state index contributed by atoms with van der Waals surface area (Å²) in [4.78, 5) is 23.7. The fourth-order valence-corrected chi connectivity index (χ4v) is 2.45. The quantitative estimate of drug-likeness (QED) is 0.863. The van der Waals surface area contributed by atoms with Gasteiger partial charge in [-0.25, -0.2) is 0 Å². The van der Waals surface area contributed by atoms with Crippen molar-refractivity contribution in [2.45, 2.75) is 39.7 Å². The minimum absolute atomic E-state index is 0.0396. The molecule has 0 aromatic carbocycles. The van der Waals surface area contributed by atoms with Crippen LogP contribution in [0.15, 0.2) is 11.4 Å². The van der Waals surface area contributed by atoms with Crippen LogP contribution in [0.25, 0.3) is 0 Å². The number of rotatable bonds is 5. The lowest BCUT2D eigenvalue weighted by atomic mass is 9.85. The van der Waals surface area contributed by atoms with E-state index in [1.54, 1.807) is 6.92 Å². The van der Waals surface area contributed by atoms with E-state index in [1.807, 2.05) is 32.2 Å². The Morgan fingerprint density at radius 2 is 2.11 bits per heavy atom. The van der Waals surface area contributed by atoms with Crippen LogP contribution in [0.4, 0.5) is 0 Å². The molecule has 1 amide bonds. The van der Waals surface area contributed by atoms with Crippen LogP contribution in [0.3, 0.4) is 0 Å². The van der Waals surface area contributed by atoms with Crippen molar-refractivity contribution in [3.63, 3.8) is 0 Å². The van der Waals surface area contributed by atoms with Crippen molar-refractivity contribution in [3.05, 3.63) is 21.9 Å². The molecule has 2 N–H and O–H groups in total. The Hall–Kier alpha value is -1.36. The molecular weight excluding hydrogens is 250 g/mol. The van der Waals surface area contributed by atoms with Gasteiger partial charge in [0.25, 0.3) is 5.91 Å². The van der Waals surface area contributed by atoms with Gasteiger partial charge in [-0.1, -0.05) is 13.8 Å². The summed E-state index contributed by atoms with van der Waals surface area (Å²) in [6.07, 6.45) is -0.0825. The van der Waals surface area contributed by atoms with E-state index >= 15 is 0 Å². The number of aryl methyl sites for hydroxylation is 1. The van der Waals surface area contributed by atoms with Gasteiger partial charge in [-0.3, -0.25) is 9.59 Å². The fraction of sp³-hybridized carbons (Fsp3) is 0.538. The van der Waals surface area contributed by atoms with Crippen molar-refractivity contribution < 1.29 is 14.7 Å². The van der Waals surface area contributed by atoms with E-state index in [-0.39, 0.29) is 18.2 Å². The maximum Gasteiger partial charge on any atom is 0.305 e. The second-order valence-corrected chi connectivity index (χ2v) is 5.95. The third kappa shape index (κ3) is 3.32. The molecule has 1 atom stereocenters. The number of hydrogen-bond acceptors (Lipinski definition) is 3. The highest BCUT2D eigenvalue weighted by Crippen LogP contribution is 2.23. The third-order valence-electron chi connectivity index (χ3n) is 3.26. The third-order valence-corrected chi connectivity index (χ3v) is 4.28. The van der Waals surface area contributed by atoms with Crippen molar-refractivity contribution in [2.75, 3.05) is 0 Å². The molecule has 1 aromatic rings. The maximum absolute atomic E-state index is 12.1. The summed E-state index contributed by atoms with van der Waals surface area (Å²) in [5.74, 6) is -1.06. The molecule has 0 aliphatic rings. The zero-order valence-corrected chi connectivity index (χ0v) is 11.9. The molecule has 0 saturated heterocycles. The van der Waals surface area contributed by atoms with Gasteiger partial charge in [-0.15, -0.1) is 11.3 Å². The highest BCUT2D eigenvalue weighted by atomic mass is 32.1. The first kappa shape index (κ1) is 14.7. The molecule has 1 aromatic heterocycles. The van der Waals surface area contributed by atoms with Gasteiger partial charge in [0.1, 0.15) is 0 Å². The Kier molecular flexibility index (Phi) is 4.51. The summed E-state index contributed by atoms with van der Waals surface area (Å²) < 4.78 is 0. The van der Waals surface area contributed by atoms with E-state index in [0.29, 0.717) is 4.88 Å². The molecule has 0 bridgehead atoms. The first-order valence-corrected chi connectivity index (χ1v) is 6.72. The zero-order valence-electron chi connectivity index (χ0n) is 11.1. The summed E-state index contributed by atoms with van der Waals surface area (Å²) in [5.41, 5.74) is 0.179. The highest BCUT2D eigenvalue weighted by Gasteiger charge is 2.33. The van der Waals surface area contributed by atoms with E-state index in [0.717, 1.165) is 5.56 Å². The van der Waals surface area contributed by atoms with Crippen LogP contribution in [0.1, 0.15) is 42.4 Å². The normalized spacial score (nSPS) is 14.3. The molecule has 5 heteroatoms. The number of aliphatic carboxylic acids is 1. The SMILES string of the molecule is Cc1ccsc1C(=O)NC(C)(CC(=O)O)C(C)C. The van der Waals surface area contributed by atoms with Gasteiger partial charge in [0.05, 0.1) is 16.8 Å². The van der Waals surface area contributed by atoms with Crippen molar-refractivity contribution in [1.82, 2.24) is 5.32 Å². The van der Waals surface area contributed by atoms with Crippen molar-refractivity contribution in [3.8, 4) is 0 Å². The summed E-state index contributed by atoms with van der Waals surface area (Å²) in [6.45, 7) is 7.46. The predicted molar refractivity (Wildman–Crippen MR) is 72.0 cm³/mol. The Bertz CT molecular complexity index is 453. The molecule has 0 saturated carbocycles.